The van der Waals surface area contributed by atoms with Gasteiger partial charge in [0.05, 0.1) is 5.56 Å². The molecule has 0 aromatic heterocycles. The van der Waals surface area contributed by atoms with Gasteiger partial charge in [-0.15, -0.1) is 0 Å². The molecular formula is C14H19ClF3N. The van der Waals surface area contributed by atoms with E-state index in [0.29, 0.717) is 0 Å². The molecule has 19 heavy (non-hydrogen) atoms. The zero-order valence-corrected chi connectivity index (χ0v) is 11.9. The van der Waals surface area contributed by atoms with Crippen molar-refractivity contribution in [3.63, 3.8) is 0 Å². The maximum atomic E-state index is 13.0. The fourth-order valence-corrected chi connectivity index (χ4v) is 2.25. The zero-order valence-electron chi connectivity index (χ0n) is 11.1. The first-order valence-electron chi connectivity index (χ1n) is 6.51. The molecule has 1 aromatic carbocycles. The fourth-order valence-electron chi connectivity index (χ4n) is 2.08. The van der Waals surface area contributed by atoms with Crippen LogP contribution in [0.2, 0.25) is 5.02 Å². The molecule has 0 atom stereocenters. The number of alkyl halides is 3. The van der Waals surface area contributed by atoms with Gasteiger partial charge in [0.15, 0.2) is 0 Å². The van der Waals surface area contributed by atoms with Crippen LogP contribution in [0.15, 0.2) is 18.2 Å². The SMILES string of the molecule is CCCC(CCC)Nc1ccc(Cl)cc1C(F)(F)F. The predicted molar refractivity (Wildman–Crippen MR) is 73.7 cm³/mol. The first-order valence-corrected chi connectivity index (χ1v) is 6.89. The molecule has 0 aliphatic carbocycles. The summed E-state index contributed by atoms with van der Waals surface area (Å²) in [7, 11) is 0. The smallest absolute Gasteiger partial charge is 0.382 e. The third kappa shape index (κ3) is 4.94. The molecule has 0 radical (unpaired) electrons. The van der Waals surface area contributed by atoms with E-state index in [-0.39, 0.29) is 16.8 Å². The Labute approximate surface area is 117 Å². The summed E-state index contributed by atoms with van der Waals surface area (Å²) in [5.74, 6) is 0. The standard InChI is InChI=1S/C14H19ClF3N/c1-3-5-11(6-4-2)19-13-8-7-10(15)9-12(13)14(16,17)18/h7-9,11,19H,3-6H2,1-2H3. The molecule has 0 saturated heterocycles. The van der Waals surface area contributed by atoms with E-state index < -0.39 is 11.7 Å². The Balaban J connectivity index is 2.98. The predicted octanol–water partition coefficient (Wildman–Crippen LogP) is 5.74. The summed E-state index contributed by atoms with van der Waals surface area (Å²) >= 11 is 5.65. The normalized spacial score (nSPS) is 11.9. The minimum atomic E-state index is -4.39. The molecule has 0 unspecified atom stereocenters. The fraction of sp³-hybridized carbons (Fsp3) is 0.571. The highest BCUT2D eigenvalue weighted by Gasteiger charge is 2.34. The quantitative estimate of drug-likeness (QED) is 0.705. The number of hydrogen-bond acceptors (Lipinski definition) is 1. The van der Waals surface area contributed by atoms with Crippen molar-refractivity contribution in [2.24, 2.45) is 0 Å². The average Bonchev–Trinajstić information content (AvgIpc) is 2.31. The molecule has 0 spiro atoms. The van der Waals surface area contributed by atoms with Gasteiger partial charge < -0.3 is 5.32 Å². The summed E-state index contributed by atoms with van der Waals surface area (Å²) in [6.45, 7) is 4.05. The molecule has 0 bridgehead atoms. The van der Waals surface area contributed by atoms with Gasteiger partial charge in [-0.2, -0.15) is 13.2 Å². The summed E-state index contributed by atoms with van der Waals surface area (Å²) in [5.41, 5.74) is -0.582. The lowest BCUT2D eigenvalue weighted by Crippen LogP contribution is -2.21. The lowest BCUT2D eigenvalue weighted by molar-refractivity contribution is -0.137. The van der Waals surface area contributed by atoms with E-state index in [0.717, 1.165) is 31.7 Å². The van der Waals surface area contributed by atoms with Gasteiger partial charge in [-0.25, -0.2) is 0 Å². The van der Waals surface area contributed by atoms with Crippen molar-refractivity contribution < 1.29 is 13.2 Å². The van der Waals surface area contributed by atoms with Crippen molar-refractivity contribution in [1.82, 2.24) is 0 Å². The highest BCUT2D eigenvalue weighted by Crippen LogP contribution is 2.37. The topological polar surface area (TPSA) is 12.0 Å². The van der Waals surface area contributed by atoms with Crippen LogP contribution in [0.3, 0.4) is 0 Å². The monoisotopic (exact) mass is 293 g/mol. The van der Waals surface area contributed by atoms with Crippen LogP contribution in [0.5, 0.6) is 0 Å². The van der Waals surface area contributed by atoms with Crippen molar-refractivity contribution in [3.8, 4) is 0 Å². The minimum absolute atomic E-state index is 0.0669. The van der Waals surface area contributed by atoms with Gasteiger partial charge in [0, 0.05) is 16.8 Å². The van der Waals surface area contributed by atoms with Crippen molar-refractivity contribution >= 4 is 17.3 Å². The number of nitrogens with one attached hydrogen (secondary N) is 1. The molecule has 1 N–H and O–H groups in total. The number of hydrogen-bond donors (Lipinski definition) is 1. The number of benzene rings is 1. The maximum Gasteiger partial charge on any atom is 0.418 e. The van der Waals surface area contributed by atoms with E-state index >= 15 is 0 Å². The van der Waals surface area contributed by atoms with Crippen LogP contribution < -0.4 is 5.32 Å². The molecule has 0 amide bonds. The van der Waals surface area contributed by atoms with E-state index in [4.69, 9.17) is 11.6 Å². The van der Waals surface area contributed by atoms with E-state index in [1.54, 1.807) is 0 Å². The summed E-state index contributed by atoms with van der Waals surface area (Å²) in [4.78, 5) is 0. The first-order chi connectivity index (χ1) is 8.88. The largest absolute Gasteiger partial charge is 0.418 e. The molecule has 1 rings (SSSR count). The second-order valence-corrected chi connectivity index (χ2v) is 5.04. The van der Waals surface area contributed by atoms with Gasteiger partial charge in [-0.3, -0.25) is 0 Å². The first kappa shape index (κ1) is 16.2. The second-order valence-electron chi connectivity index (χ2n) is 4.61. The molecule has 108 valence electrons. The second kappa shape index (κ2) is 7.04. The average molecular weight is 294 g/mol. The Morgan fingerprint density at radius 3 is 2.21 bits per heavy atom. The van der Waals surface area contributed by atoms with Gasteiger partial charge in [0.25, 0.3) is 0 Å². The summed E-state index contributed by atoms with van der Waals surface area (Å²) in [6.07, 6.45) is -0.809. The lowest BCUT2D eigenvalue weighted by Gasteiger charge is -2.22. The van der Waals surface area contributed by atoms with Crippen LogP contribution >= 0.6 is 11.6 Å². The van der Waals surface area contributed by atoms with E-state index in [1.807, 2.05) is 13.8 Å². The van der Waals surface area contributed by atoms with Crippen LogP contribution in [0.1, 0.15) is 45.1 Å². The van der Waals surface area contributed by atoms with Crippen molar-refractivity contribution in [1.29, 1.82) is 0 Å². The Bertz CT molecular complexity index is 398. The lowest BCUT2D eigenvalue weighted by atomic mass is 10.0. The summed E-state index contributed by atoms with van der Waals surface area (Å²) in [5, 5.41) is 3.10. The molecule has 0 heterocycles. The molecule has 5 heteroatoms. The Kier molecular flexibility index (Phi) is 5.98. The minimum Gasteiger partial charge on any atom is -0.382 e. The molecule has 1 nitrogen and oxygen atoms in total. The zero-order chi connectivity index (χ0) is 14.5. The van der Waals surface area contributed by atoms with Gasteiger partial charge in [0.2, 0.25) is 0 Å². The molecule has 0 aliphatic rings. The van der Waals surface area contributed by atoms with Crippen LogP contribution in [0.25, 0.3) is 0 Å². The highest BCUT2D eigenvalue weighted by molar-refractivity contribution is 6.30. The Morgan fingerprint density at radius 1 is 1.16 bits per heavy atom. The third-order valence-corrected chi connectivity index (χ3v) is 3.16. The van der Waals surface area contributed by atoms with E-state index in [1.165, 1.54) is 12.1 Å². The molecular weight excluding hydrogens is 275 g/mol. The van der Waals surface area contributed by atoms with Crippen LogP contribution in [0.4, 0.5) is 18.9 Å². The number of halogens is 4. The van der Waals surface area contributed by atoms with E-state index in [9.17, 15) is 13.2 Å². The van der Waals surface area contributed by atoms with Gasteiger partial charge in [-0.1, -0.05) is 38.3 Å². The number of rotatable bonds is 6. The molecule has 1 aromatic rings. The van der Waals surface area contributed by atoms with Gasteiger partial charge in [-0.05, 0) is 31.0 Å². The summed E-state index contributed by atoms with van der Waals surface area (Å²) in [6, 6.07) is 3.92. The number of anilines is 1. The highest BCUT2D eigenvalue weighted by atomic mass is 35.5. The van der Waals surface area contributed by atoms with E-state index in [2.05, 4.69) is 5.32 Å². The van der Waals surface area contributed by atoms with Gasteiger partial charge >= 0.3 is 6.18 Å². The van der Waals surface area contributed by atoms with Gasteiger partial charge in [0.1, 0.15) is 0 Å². The molecule has 0 saturated carbocycles. The van der Waals surface area contributed by atoms with Crippen molar-refractivity contribution in [2.45, 2.75) is 51.7 Å². The Morgan fingerprint density at radius 2 is 1.74 bits per heavy atom. The molecule has 0 aliphatic heterocycles. The maximum absolute atomic E-state index is 13.0. The van der Waals surface area contributed by atoms with Crippen molar-refractivity contribution in [3.05, 3.63) is 28.8 Å². The Hall–Kier alpha value is -0.900. The van der Waals surface area contributed by atoms with Crippen LogP contribution in [0, 0.1) is 0 Å². The third-order valence-electron chi connectivity index (χ3n) is 2.92. The summed E-state index contributed by atoms with van der Waals surface area (Å²) < 4.78 is 38.9. The van der Waals surface area contributed by atoms with Crippen LogP contribution in [-0.4, -0.2) is 6.04 Å². The molecule has 0 fully saturated rings. The van der Waals surface area contributed by atoms with Crippen molar-refractivity contribution in [2.75, 3.05) is 5.32 Å². The van der Waals surface area contributed by atoms with Crippen LogP contribution in [-0.2, 0) is 6.18 Å².